The molecule has 3 heterocycles. The lowest BCUT2D eigenvalue weighted by molar-refractivity contribution is 1.01. The minimum Gasteiger partial charge on any atom is -0.240 e. The molecule has 0 saturated heterocycles. The summed E-state index contributed by atoms with van der Waals surface area (Å²) in [6.07, 6.45) is 0. The molecule has 0 unspecified atom stereocenters. The fourth-order valence-corrected chi connectivity index (χ4v) is 4.27. The Labute approximate surface area is 115 Å². The summed E-state index contributed by atoms with van der Waals surface area (Å²) in [5.41, 5.74) is 4.07. The van der Waals surface area contributed by atoms with Crippen LogP contribution in [0.5, 0.6) is 0 Å². The molecule has 17 heavy (non-hydrogen) atoms. The molecule has 0 aliphatic carbocycles. The Balaban J connectivity index is 1.69. The Morgan fingerprint density at radius 2 is 2.24 bits per heavy atom. The number of thioether (sulfide) groups is 1. The molecule has 0 atom stereocenters. The first-order chi connectivity index (χ1) is 8.42. The molecule has 0 fully saturated rings. The van der Waals surface area contributed by atoms with E-state index in [0.717, 1.165) is 20.8 Å². The monoisotopic (exact) mass is 297 g/mol. The van der Waals surface area contributed by atoms with E-state index in [9.17, 15) is 0 Å². The molecule has 0 aromatic carbocycles. The number of nitrogens with zero attached hydrogens (tertiary/aromatic N) is 3. The lowest BCUT2D eigenvalue weighted by Crippen LogP contribution is -1.80. The second-order valence-corrected chi connectivity index (χ2v) is 6.84. The molecular formula is C10H7N3S4. The normalized spacial score (nSPS) is 10.8. The Morgan fingerprint density at radius 1 is 1.24 bits per heavy atom. The van der Waals surface area contributed by atoms with Crippen molar-refractivity contribution >= 4 is 45.8 Å². The van der Waals surface area contributed by atoms with Crippen molar-refractivity contribution in [2.45, 2.75) is 10.1 Å². The largest absolute Gasteiger partial charge is 0.240 e. The van der Waals surface area contributed by atoms with E-state index in [1.807, 2.05) is 0 Å². The molecule has 0 spiro atoms. The molecule has 0 aliphatic rings. The van der Waals surface area contributed by atoms with Crippen molar-refractivity contribution in [1.29, 1.82) is 0 Å². The van der Waals surface area contributed by atoms with Gasteiger partial charge in [-0.25, -0.2) is 4.98 Å². The van der Waals surface area contributed by atoms with Crippen LogP contribution in [0.1, 0.15) is 5.69 Å². The van der Waals surface area contributed by atoms with E-state index >= 15 is 0 Å². The maximum Gasteiger partial charge on any atom is 0.174 e. The minimum atomic E-state index is 0.857. The van der Waals surface area contributed by atoms with Gasteiger partial charge in [0, 0.05) is 22.1 Å². The predicted molar refractivity (Wildman–Crippen MR) is 74.9 cm³/mol. The van der Waals surface area contributed by atoms with Crippen LogP contribution in [0.25, 0.3) is 10.6 Å². The quantitative estimate of drug-likeness (QED) is 0.682. The van der Waals surface area contributed by atoms with E-state index in [2.05, 4.69) is 37.4 Å². The molecule has 0 saturated carbocycles. The van der Waals surface area contributed by atoms with Crippen LogP contribution in [0.2, 0.25) is 0 Å². The molecule has 0 bridgehead atoms. The van der Waals surface area contributed by atoms with Crippen molar-refractivity contribution < 1.29 is 0 Å². The van der Waals surface area contributed by atoms with Crippen molar-refractivity contribution in [3.63, 3.8) is 0 Å². The van der Waals surface area contributed by atoms with Crippen molar-refractivity contribution in [1.82, 2.24) is 15.2 Å². The Bertz CT molecular complexity index is 571. The van der Waals surface area contributed by atoms with Crippen LogP contribution in [0.3, 0.4) is 0 Å². The summed E-state index contributed by atoms with van der Waals surface area (Å²) in [6.45, 7) is 0. The third kappa shape index (κ3) is 2.74. The zero-order chi connectivity index (χ0) is 11.5. The van der Waals surface area contributed by atoms with Crippen molar-refractivity contribution in [3.8, 4) is 10.6 Å². The van der Waals surface area contributed by atoms with Gasteiger partial charge in [-0.2, -0.15) is 11.3 Å². The van der Waals surface area contributed by atoms with Crippen molar-refractivity contribution in [2.24, 2.45) is 0 Å². The molecule has 86 valence electrons. The SMILES string of the molecule is c1cc(-c2nc(CSc3nncs3)cs2)cs1. The number of thiophene rings is 1. The lowest BCUT2D eigenvalue weighted by Gasteiger charge is -1.92. The van der Waals surface area contributed by atoms with Gasteiger partial charge in [-0.1, -0.05) is 23.1 Å². The van der Waals surface area contributed by atoms with E-state index in [-0.39, 0.29) is 0 Å². The predicted octanol–water partition coefficient (Wildman–Crippen LogP) is 4.02. The molecule has 3 aromatic heterocycles. The first kappa shape index (κ1) is 11.3. The Kier molecular flexibility index (Phi) is 3.51. The second kappa shape index (κ2) is 5.26. The van der Waals surface area contributed by atoms with E-state index in [4.69, 9.17) is 0 Å². The van der Waals surface area contributed by atoms with E-state index in [1.165, 1.54) is 5.56 Å². The summed E-state index contributed by atoms with van der Waals surface area (Å²) in [6, 6.07) is 2.10. The zero-order valence-corrected chi connectivity index (χ0v) is 11.8. The van der Waals surface area contributed by atoms with Gasteiger partial charge in [-0.15, -0.1) is 21.5 Å². The third-order valence-electron chi connectivity index (χ3n) is 2.00. The average molecular weight is 297 g/mol. The number of aromatic nitrogens is 3. The Morgan fingerprint density at radius 3 is 3.00 bits per heavy atom. The maximum absolute atomic E-state index is 4.61. The first-order valence-electron chi connectivity index (χ1n) is 4.78. The van der Waals surface area contributed by atoms with E-state index < -0.39 is 0 Å². The maximum atomic E-state index is 4.61. The van der Waals surface area contributed by atoms with Crippen LogP contribution in [-0.2, 0) is 5.75 Å². The molecule has 0 aliphatic heterocycles. The van der Waals surface area contributed by atoms with Gasteiger partial charge >= 0.3 is 0 Å². The highest BCUT2D eigenvalue weighted by Gasteiger charge is 2.06. The second-order valence-electron chi connectivity index (χ2n) is 3.15. The van der Waals surface area contributed by atoms with Gasteiger partial charge in [0.15, 0.2) is 4.34 Å². The van der Waals surface area contributed by atoms with Crippen LogP contribution in [0.15, 0.2) is 32.1 Å². The van der Waals surface area contributed by atoms with E-state index in [1.54, 1.807) is 51.3 Å². The molecule has 0 N–H and O–H groups in total. The number of thiazole rings is 1. The van der Waals surface area contributed by atoms with Gasteiger partial charge in [0.2, 0.25) is 0 Å². The molecule has 0 radical (unpaired) electrons. The molecule has 0 amide bonds. The molecular weight excluding hydrogens is 290 g/mol. The summed E-state index contributed by atoms with van der Waals surface area (Å²) >= 11 is 6.64. The van der Waals surface area contributed by atoms with Crippen LogP contribution in [0.4, 0.5) is 0 Å². The fraction of sp³-hybridized carbons (Fsp3) is 0.100. The standard InChI is InChI=1S/C10H7N3S4/c1-2-14-3-7(1)9-12-8(4-15-9)5-16-10-13-11-6-17-10/h1-4,6H,5H2. The topological polar surface area (TPSA) is 38.7 Å². The van der Waals surface area contributed by atoms with Crippen molar-refractivity contribution in [2.75, 3.05) is 0 Å². The molecule has 3 rings (SSSR count). The third-order valence-corrected chi connectivity index (χ3v) is 5.52. The van der Waals surface area contributed by atoms with Crippen LogP contribution >= 0.6 is 45.8 Å². The van der Waals surface area contributed by atoms with Crippen LogP contribution in [-0.4, -0.2) is 15.2 Å². The zero-order valence-electron chi connectivity index (χ0n) is 8.57. The summed E-state index contributed by atoms with van der Waals surface area (Å²) in [5, 5.41) is 15.2. The van der Waals surface area contributed by atoms with Gasteiger partial charge in [0.25, 0.3) is 0 Å². The highest BCUT2D eigenvalue weighted by molar-refractivity contribution is 8.00. The number of hydrogen-bond donors (Lipinski definition) is 0. The van der Waals surface area contributed by atoms with E-state index in [0.29, 0.717) is 0 Å². The molecule has 3 aromatic rings. The Hall–Kier alpha value is -0.760. The van der Waals surface area contributed by atoms with Gasteiger partial charge in [0.05, 0.1) is 5.69 Å². The summed E-state index contributed by atoms with van der Waals surface area (Å²) < 4.78 is 0.995. The highest BCUT2D eigenvalue weighted by atomic mass is 32.2. The summed E-state index contributed by atoms with van der Waals surface area (Å²) in [4.78, 5) is 4.61. The molecule has 3 nitrogen and oxygen atoms in total. The van der Waals surface area contributed by atoms with Crippen molar-refractivity contribution in [3.05, 3.63) is 33.4 Å². The number of rotatable bonds is 4. The lowest BCUT2D eigenvalue weighted by atomic mass is 10.4. The number of hydrogen-bond acceptors (Lipinski definition) is 7. The average Bonchev–Trinajstić information content (AvgIpc) is 3.09. The van der Waals surface area contributed by atoms with Crippen LogP contribution in [0, 0.1) is 0 Å². The van der Waals surface area contributed by atoms with Gasteiger partial charge in [-0.05, 0) is 11.4 Å². The van der Waals surface area contributed by atoms with Gasteiger partial charge < -0.3 is 0 Å². The molecule has 7 heteroatoms. The fourth-order valence-electron chi connectivity index (χ4n) is 1.25. The van der Waals surface area contributed by atoms with Gasteiger partial charge in [0.1, 0.15) is 10.5 Å². The first-order valence-corrected chi connectivity index (χ1v) is 8.46. The van der Waals surface area contributed by atoms with Crippen LogP contribution < -0.4 is 0 Å². The summed E-state index contributed by atoms with van der Waals surface area (Å²) in [7, 11) is 0. The smallest absolute Gasteiger partial charge is 0.174 e. The minimum absolute atomic E-state index is 0.857. The highest BCUT2D eigenvalue weighted by Crippen LogP contribution is 2.29. The summed E-state index contributed by atoms with van der Waals surface area (Å²) in [5.74, 6) is 0.857. The van der Waals surface area contributed by atoms with Gasteiger partial charge in [-0.3, -0.25) is 0 Å².